The highest BCUT2D eigenvalue weighted by Crippen LogP contribution is 2.30. The zero-order valence-corrected chi connectivity index (χ0v) is 14.8. The minimum absolute atomic E-state index is 0.508. The fraction of sp³-hybridized carbons (Fsp3) is 0.250. The maximum Gasteiger partial charge on any atom is 0.229 e. The van der Waals surface area contributed by atoms with Gasteiger partial charge in [-0.3, -0.25) is 4.72 Å². The van der Waals surface area contributed by atoms with E-state index < -0.39 is 10.0 Å². The van der Waals surface area contributed by atoms with Gasteiger partial charge in [-0.15, -0.1) is 11.3 Å². The van der Waals surface area contributed by atoms with Gasteiger partial charge in [0.25, 0.3) is 0 Å². The molecule has 120 valence electrons. The molecule has 0 aliphatic carbocycles. The molecule has 0 saturated carbocycles. The lowest BCUT2D eigenvalue weighted by Gasteiger charge is -2.08. The Hall–Kier alpha value is -1.99. The minimum Gasteiger partial charge on any atom is -0.284 e. The Labute approximate surface area is 139 Å². The highest BCUT2D eigenvalue weighted by Gasteiger charge is 2.12. The highest BCUT2D eigenvalue weighted by molar-refractivity contribution is 7.92. The fourth-order valence-electron chi connectivity index (χ4n) is 2.40. The predicted octanol–water partition coefficient (Wildman–Crippen LogP) is 3.60. The Morgan fingerprint density at radius 3 is 2.74 bits per heavy atom. The second-order valence-electron chi connectivity index (χ2n) is 5.40. The van der Waals surface area contributed by atoms with Crippen molar-refractivity contribution in [3.63, 3.8) is 0 Å². The van der Waals surface area contributed by atoms with Gasteiger partial charge in [0, 0.05) is 11.3 Å². The molecule has 1 N–H and O–H groups in total. The standard InChI is InChI=1S/C16H17N3O2S2/c1-4-13-15-14(10(2)9-22-15)18-16(17-13)11-6-5-7-12(8-11)19-23(3,20)21/h5-9,19H,4H2,1-3H3. The first-order valence-corrected chi connectivity index (χ1v) is 9.97. The Morgan fingerprint density at radius 1 is 1.26 bits per heavy atom. The molecule has 0 bridgehead atoms. The number of rotatable bonds is 4. The summed E-state index contributed by atoms with van der Waals surface area (Å²) in [5, 5.41) is 2.09. The monoisotopic (exact) mass is 347 g/mol. The number of benzene rings is 1. The summed E-state index contributed by atoms with van der Waals surface area (Å²) in [6, 6.07) is 7.14. The minimum atomic E-state index is -3.31. The Balaban J connectivity index is 2.13. The van der Waals surface area contributed by atoms with Crippen molar-refractivity contribution in [2.24, 2.45) is 0 Å². The topological polar surface area (TPSA) is 72.0 Å². The van der Waals surface area contributed by atoms with Gasteiger partial charge in [-0.05, 0) is 36.4 Å². The molecule has 3 rings (SSSR count). The van der Waals surface area contributed by atoms with Crippen LogP contribution in [0.25, 0.3) is 21.6 Å². The number of sulfonamides is 1. The van der Waals surface area contributed by atoms with Gasteiger partial charge in [-0.1, -0.05) is 19.1 Å². The zero-order valence-electron chi connectivity index (χ0n) is 13.1. The molecule has 0 unspecified atom stereocenters. The molecule has 0 aliphatic rings. The number of hydrogen-bond acceptors (Lipinski definition) is 5. The molecule has 1 aromatic carbocycles. The number of aryl methyl sites for hydroxylation is 2. The lowest BCUT2D eigenvalue weighted by Crippen LogP contribution is -2.09. The number of hydrogen-bond donors (Lipinski definition) is 1. The van der Waals surface area contributed by atoms with Crippen molar-refractivity contribution in [2.75, 3.05) is 11.0 Å². The number of aromatic nitrogens is 2. The van der Waals surface area contributed by atoms with Crippen molar-refractivity contribution in [3.8, 4) is 11.4 Å². The number of nitrogens with one attached hydrogen (secondary N) is 1. The van der Waals surface area contributed by atoms with Gasteiger partial charge in [0.1, 0.15) is 0 Å². The molecule has 0 saturated heterocycles. The molecule has 23 heavy (non-hydrogen) atoms. The summed E-state index contributed by atoms with van der Waals surface area (Å²) in [6.07, 6.45) is 1.96. The van der Waals surface area contributed by atoms with Crippen LogP contribution in [-0.2, 0) is 16.4 Å². The maximum atomic E-state index is 11.4. The van der Waals surface area contributed by atoms with E-state index in [1.807, 2.05) is 13.0 Å². The quantitative estimate of drug-likeness (QED) is 0.783. The fourth-order valence-corrected chi connectivity index (χ4v) is 4.00. The molecular formula is C16H17N3O2S2. The van der Waals surface area contributed by atoms with Gasteiger partial charge in [0.2, 0.25) is 10.0 Å². The average molecular weight is 347 g/mol. The van der Waals surface area contributed by atoms with Crippen LogP contribution < -0.4 is 4.72 Å². The average Bonchev–Trinajstić information content (AvgIpc) is 2.86. The van der Waals surface area contributed by atoms with E-state index in [0.29, 0.717) is 11.5 Å². The van der Waals surface area contributed by atoms with E-state index >= 15 is 0 Å². The van der Waals surface area contributed by atoms with Crippen LogP contribution in [0.5, 0.6) is 0 Å². The van der Waals surface area contributed by atoms with Gasteiger partial charge < -0.3 is 0 Å². The normalized spacial score (nSPS) is 11.8. The number of fused-ring (bicyclic) bond motifs is 1. The first kappa shape index (κ1) is 15.9. The second kappa shape index (κ2) is 5.90. The van der Waals surface area contributed by atoms with E-state index in [9.17, 15) is 8.42 Å². The van der Waals surface area contributed by atoms with Gasteiger partial charge in [-0.25, -0.2) is 18.4 Å². The first-order valence-electron chi connectivity index (χ1n) is 7.20. The van der Waals surface area contributed by atoms with Crippen LogP contribution in [-0.4, -0.2) is 24.6 Å². The van der Waals surface area contributed by atoms with Gasteiger partial charge in [0.15, 0.2) is 5.82 Å². The van der Waals surface area contributed by atoms with E-state index in [-0.39, 0.29) is 0 Å². The van der Waals surface area contributed by atoms with Crippen molar-refractivity contribution in [2.45, 2.75) is 20.3 Å². The lowest BCUT2D eigenvalue weighted by atomic mass is 10.1. The molecule has 0 fully saturated rings. The van der Waals surface area contributed by atoms with E-state index in [1.165, 1.54) is 0 Å². The summed E-state index contributed by atoms with van der Waals surface area (Å²) in [5.41, 5.74) is 4.42. The number of thiophene rings is 1. The van der Waals surface area contributed by atoms with Crippen molar-refractivity contribution in [1.82, 2.24) is 9.97 Å². The summed E-state index contributed by atoms with van der Waals surface area (Å²) < 4.78 is 26.4. The van der Waals surface area contributed by atoms with Crippen molar-refractivity contribution in [3.05, 3.63) is 40.9 Å². The highest BCUT2D eigenvalue weighted by atomic mass is 32.2. The van der Waals surface area contributed by atoms with E-state index in [4.69, 9.17) is 0 Å². The Kier molecular flexibility index (Phi) is 4.08. The van der Waals surface area contributed by atoms with Crippen molar-refractivity contribution in [1.29, 1.82) is 0 Å². The van der Waals surface area contributed by atoms with Crippen molar-refractivity contribution < 1.29 is 8.42 Å². The van der Waals surface area contributed by atoms with Crippen LogP contribution in [0.1, 0.15) is 18.2 Å². The molecule has 0 atom stereocenters. The Bertz CT molecular complexity index is 978. The summed E-state index contributed by atoms with van der Waals surface area (Å²) in [7, 11) is -3.31. The summed E-state index contributed by atoms with van der Waals surface area (Å²) in [6.45, 7) is 4.11. The molecule has 0 aliphatic heterocycles. The molecule has 2 aromatic heterocycles. The Morgan fingerprint density at radius 2 is 2.04 bits per heavy atom. The maximum absolute atomic E-state index is 11.4. The zero-order chi connectivity index (χ0) is 16.6. The molecule has 7 heteroatoms. The third-order valence-electron chi connectivity index (χ3n) is 3.42. The van der Waals surface area contributed by atoms with Crippen LogP contribution in [0.3, 0.4) is 0 Å². The van der Waals surface area contributed by atoms with Gasteiger partial charge >= 0.3 is 0 Å². The smallest absolute Gasteiger partial charge is 0.229 e. The second-order valence-corrected chi connectivity index (χ2v) is 8.03. The molecule has 0 spiro atoms. The third-order valence-corrected chi connectivity index (χ3v) is 5.16. The van der Waals surface area contributed by atoms with E-state index in [1.54, 1.807) is 29.5 Å². The van der Waals surface area contributed by atoms with Gasteiger partial charge in [-0.2, -0.15) is 0 Å². The summed E-state index contributed by atoms with van der Waals surface area (Å²) >= 11 is 1.66. The predicted molar refractivity (Wildman–Crippen MR) is 95.4 cm³/mol. The van der Waals surface area contributed by atoms with Gasteiger partial charge in [0.05, 0.1) is 22.2 Å². The van der Waals surface area contributed by atoms with Crippen LogP contribution >= 0.6 is 11.3 Å². The van der Waals surface area contributed by atoms with E-state index in [0.717, 1.165) is 39.7 Å². The number of nitrogens with zero attached hydrogens (tertiary/aromatic N) is 2. The lowest BCUT2D eigenvalue weighted by molar-refractivity contribution is 0.607. The SMILES string of the molecule is CCc1nc(-c2cccc(NS(C)(=O)=O)c2)nc2c(C)csc12. The van der Waals surface area contributed by atoms with Crippen LogP contribution in [0.2, 0.25) is 0 Å². The number of anilines is 1. The van der Waals surface area contributed by atoms with Crippen LogP contribution in [0, 0.1) is 6.92 Å². The molecular weight excluding hydrogens is 330 g/mol. The van der Waals surface area contributed by atoms with E-state index in [2.05, 4.69) is 27.0 Å². The largest absolute Gasteiger partial charge is 0.284 e. The molecule has 0 radical (unpaired) electrons. The summed E-state index contributed by atoms with van der Waals surface area (Å²) in [5.74, 6) is 0.619. The van der Waals surface area contributed by atoms with Crippen LogP contribution in [0.15, 0.2) is 29.6 Å². The van der Waals surface area contributed by atoms with Crippen LogP contribution in [0.4, 0.5) is 5.69 Å². The molecule has 0 amide bonds. The molecule has 5 nitrogen and oxygen atoms in total. The first-order chi connectivity index (χ1) is 10.9. The third kappa shape index (κ3) is 3.35. The molecule has 2 heterocycles. The van der Waals surface area contributed by atoms with Crippen molar-refractivity contribution >= 4 is 37.3 Å². The summed E-state index contributed by atoms with van der Waals surface area (Å²) in [4.78, 5) is 9.34. The molecule has 3 aromatic rings.